The average Bonchev–Trinajstić information content (AvgIpc) is 2.71. The summed E-state index contributed by atoms with van der Waals surface area (Å²) in [5.74, 6) is 0.161. The summed E-state index contributed by atoms with van der Waals surface area (Å²) in [6, 6.07) is 15.9. The number of amides is 2. The molecule has 3 aromatic rings. The van der Waals surface area contributed by atoms with Crippen LogP contribution >= 0.6 is 0 Å². The summed E-state index contributed by atoms with van der Waals surface area (Å²) in [7, 11) is 0. The lowest BCUT2D eigenvalue weighted by Gasteiger charge is -2.25. The van der Waals surface area contributed by atoms with E-state index < -0.39 is 17.9 Å². The van der Waals surface area contributed by atoms with E-state index in [1.165, 1.54) is 0 Å². The van der Waals surface area contributed by atoms with Gasteiger partial charge in [0.25, 0.3) is 11.8 Å². The van der Waals surface area contributed by atoms with Crippen LogP contribution in [0.25, 0.3) is 10.9 Å². The van der Waals surface area contributed by atoms with Crippen molar-refractivity contribution in [3.8, 4) is 11.5 Å². The van der Waals surface area contributed by atoms with Crippen molar-refractivity contribution in [2.45, 2.75) is 6.10 Å². The minimum absolute atomic E-state index is 0.0698. The molecule has 2 heterocycles. The Kier molecular flexibility index (Phi) is 4.10. The lowest BCUT2D eigenvalue weighted by Crippen LogP contribution is -2.50. The van der Waals surface area contributed by atoms with Crippen LogP contribution in [0.2, 0.25) is 0 Å². The number of nitrogens with one attached hydrogen (secondary N) is 2. The largest absolute Gasteiger partial charge is 0.485 e. The van der Waals surface area contributed by atoms with Crippen molar-refractivity contribution in [2.24, 2.45) is 0 Å². The molecule has 1 aliphatic heterocycles. The van der Waals surface area contributed by atoms with E-state index in [4.69, 9.17) is 9.47 Å². The van der Waals surface area contributed by atoms with Gasteiger partial charge in [0.15, 0.2) is 11.5 Å². The molecule has 7 heteroatoms. The van der Waals surface area contributed by atoms with Gasteiger partial charge >= 0.3 is 0 Å². The summed E-state index contributed by atoms with van der Waals surface area (Å²) in [6.07, 6.45) is 0.846. The van der Waals surface area contributed by atoms with Gasteiger partial charge in [0.05, 0.1) is 5.52 Å². The van der Waals surface area contributed by atoms with Gasteiger partial charge in [-0.3, -0.25) is 25.4 Å². The molecule has 26 heavy (non-hydrogen) atoms. The van der Waals surface area contributed by atoms with Gasteiger partial charge in [0.1, 0.15) is 6.61 Å². The molecule has 1 atom stereocenters. The molecule has 130 valence electrons. The topological polar surface area (TPSA) is 89.6 Å². The van der Waals surface area contributed by atoms with Crippen molar-refractivity contribution in [2.75, 3.05) is 6.61 Å². The van der Waals surface area contributed by atoms with Crippen molar-refractivity contribution in [1.29, 1.82) is 0 Å². The minimum atomic E-state index is -0.842. The van der Waals surface area contributed by atoms with Crippen LogP contribution < -0.4 is 20.3 Å². The first-order valence-corrected chi connectivity index (χ1v) is 8.04. The Morgan fingerprint density at radius 2 is 1.85 bits per heavy atom. The fourth-order valence-corrected chi connectivity index (χ4v) is 2.64. The maximum atomic E-state index is 12.3. The van der Waals surface area contributed by atoms with Crippen molar-refractivity contribution in [1.82, 2.24) is 15.8 Å². The SMILES string of the molecule is O=C(NNC(=O)C1COc2ccccc2O1)c1ccc2ncccc2c1. The van der Waals surface area contributed by atoms with E-state index in [0.29, 0.717) is 17.1 Å². The van der Waals surface area contributed by atoms with Gasteiger partial charge in [-0.15, -0.1) is 0 Å². The molecule has 0 fully saturated rings. The number of carbonyl (C=O) groups excluding carboxylic acids is 2. The zero-order chi connectivity index (χ0) is 17.9. The molecule has 2 N–H and O–H groups in total. The van der Waals surface area contributed by atoms with E-state index in [1.807, 2.05) is 12.1 Å². The fraction of sp³-hybridized carbons (Fsp3) is 0.105. The molecule has 0 saturated heterocycles. The number of hydrogen-bond donors (Lipinski definition) is 2. The highest BCUT2D eigenvalue weighted by Gasteiger charge is 2.27. The molecule has 0 aliphatic carbocycles. The molecule has 0 saturated carbocycles. The average molecular weight is 349 g/mol. The Morgan fingerprint density at radius 3 is 2.73 bits per heavy atom. The van der Waals surface area contributed by atoms with E-state index in [0.717, 1.165) is 10.9 Å². The van der Waals surface area contributed by atoms with Crippen LogP contribution in [-0.2, 0) is 4.79 Å². The number of ether oxygens (including phenoxy) is 2. The smallest absolute Gasteiger partial charge is 0.283 e. The normalized spacial score (nSPS) is 15.3. The summed E-state index contributed by atoms with van der Waals surface area (Å²) in [4.78, 5) is 28.7. The van der Waals surface area contributed by atoms with Gasteiger partial charge in [-0.05, 0) is 36.4 Å². The predicted octanol–water partition coefficient (Wildman–Crippen LogP) is 1.84. The molecule has 1 aliphatic rings. The van der Waals surface area contributed by atoms with Crippen LogP contribution in [0.1, 0.15) is 10.4 Å². The molecule has 0 radical (unpaired) electrons. The molecule has 1 unspecified atom stereocenters. The number of benzene rings is 2. The van der Waals surface area contributed by atoms with Gasteiger partial charge in [-0.1, -0.05) is 18.2 Å². The Labute approximate surface area is 148 Å². The van der Waals surface area contributed by atoms with Crippen LogP contribution in [0.3, 0.4) is 0 Å². The second-order valence-corrected chi connectivity index (χ2v) is 5.72. The molecule has 0 spiro atoms. The number of nitrogens with zero attached hydrogens (tertiary/aromatic N) is 1. The lowest BCUT2D eigenvalue weighted by atomic mass is 10.1. The van der Waals surface area contributed by atoms with Crippen LogP contribution in [0.5, 0.6) is 11.5 Å². The molecule has 1 aromatic heterocycles. The van der Waals surface area contributed by atoms with Crippen molar-refractivity contribution >= 4 is 22.7 Å². The number of carbonyl (C=O) groups is 2. The summed E-state index contributed by atoms with van der Waals surface area (Å²) in [6.45, 7) is 0.0698. The van der Waals surface area contributed by atoms with Crippen molar-refractivity contribution in [3.05, 3.63) is 66.4 Å². The third kappa shape index (κ3) is 3.14. The Bertz CT molecular complexity index is 989. The summed E-state index contributed by atoms with van der Waals surface area (Å²) < 4.78 is 11.1. The molecule has 0 bridgehead atoms. The van der Waals surface area contributed by atoms with Crippen LogP contribution in [0, 0.1) is 0 Å². The quantitative estimate of drug-likeness (QED) is 0.689. The predicted molar refractivity (Wildman–Crippen MR) is 93.7 cm³/mol. The van der Waals surface area contributed by atoms with Crippen LogP contribution in [0.4, 0.5) is 0 Å². The van der Waals surface area contributed by atoms with Crippen molar-refractivity contribution in [3.63, 3.8) is 0 Å². The number of pyridine rings is 1. The molecule has 4 rings (SSSR count). The van der Waals surface area contributed by atoms with Gasteiger partial charge in [0, 0.05) is 17.1 Å². The van der Waals surface area contributed by atoms with Gasteiger partial charge < -0.3 is 9.47 Å². The number of fused-ring (bicyclic) bond motifs is 2. The van der Waals surface area contributed by atoms with E-state index in [9.17, 15) is 9.59 Å². The Balaban J connectivity index is 1.38. The van der Waals surface area contributed by atoms with Gasteiger partial charge in [-0.2, -0.15) is 0 Å². The third-order valence-electron chi connectivity index (χ3n) is 3.97. The van der Waals surface area contributed by atoms with E-state index in [1.54, 1.807) is 48.7 Å². The van der Waals surface area contributed by atoms with Crippen LogP contribution in [-0.4, -0.2) is 29.5 Å². The molecular formula is C19H15N3O4. The van der Waals surface area contributed by atoms with E-state index in [-0.39, 0.29) is 6.61 Å². The number of para-hydroxylation sites is 2. The monoisotopic (exact) mass is 349 g/mol. The van der Waals surface area contributed by atoms with E-state index in [2.05, 4.69) is 15.8 Å². The molecule has 7 nitrogen and oxygen atoms in total. The highest BCUT2D eigenvalue weighted by molar-refractivity contribution is 5.98. The number of aromatic nitrogens is 1. The maximum absolute atomic E-state index is 12.3. The standard InChI is InChI=1S/C19H15N3O4/c23-18(13-7-8-14-12(10-13)4-3-9-20-14)21-22-19(24)17-11-25-15-5-1-2-6-16(15)26-17/h1-10,17H,11H2,(H,21,23)(H,22,24). The Hall–Kier alpha value is -3.61. The highest BCUT2D eigenvalue weighted by atomic mass is 16.6. The van der Waals surface area contributed by atoms with Crippen LogP contribution in [0.15, 0.2) is 60.8 Å². The summed E-state index contributed by atoms with van der Waals surface area (Å²) >= 11 is 0. The van der Waals surface area contributed by atoms with Crippen molar-refractivity contribution < 1.29 is 19.1 Å². The first-order valence-electron chi connectivity index (χ1n) is 8.04. The minimum Gasteiger partial charge on any atom is -0.485 e. The molecular weight excluding hydrogens is 334 g/mol. The number of hydrazine groups is 1. The molecule has 2 aromatic carbocycles. The first kappa shape index (κ1) is 15.9. The van der Waals surface area contributed by atoms with Gasteiger partial charge in [-0.25, -0.2) is 0 Å². The summed E-state index contributed by atoms with van der Waals surface area (Å²) in [5, 5.41) is 0.840. The fourth-order valence-electron chi connectivity index (χ4n) is 2.64. The second kappa shape index (κ2) is 6.72. The lowest BCUT2D eigenvalue weighted by molar-refractivity contribution is -0.131. The number of hydrogen-bond acceptors (Lipinski definition) is 5. The zero-order valence-electron chi connectivity index (χ0n) is 13.6. The van der Waals surface area contributed by atoms with E-state index >= 15 is 0 Å². The Morgan fingerprint density at radius 1 is 1.00 bits per heavy atom. The zero-order valence-corrected chi connectivity index (χ0v) is 13.6. The van der Waals surface area contributed by atoms with Gasteiger partial charge in [0.2, 0.25) is 6.10 Å². The summed E-state index contributed by atoms with van der Waals surface area (Å²) in [5.41, 5.74) is 5.97. The molecule has 2 amide bonds. The second-order valence-electron chi connectivity index (χ2n) is 5.72. The third-order valence-corrected chi connectivity index (χ3v) is 3.97. The number of rotatable bonds is 2. The maximum Gasteiger partial charge on any atom is 0.283 e. The first-order chi connectivity index (χ1) is 12.7. The highest BCUT2D eigenvalue weighted by Crippen LogP contribution is 2.30.